The highest BCUT2D eigenvalue weighted by atomic mass is 19.1. The molecule has 17 heavy (non-hydrogen) atoms. The van der Waals surface area contributed by atoms with Gasteiger partial charge in [-0.15, -0.1) is 0 Å². The van der Waals surface area contributed by atoms with E-state index in [0.717, 1.165) is 0 Å². The topological polar surface area (TPSA) is 48.2 Å². The molecule has 0 radical (unpaired) electrons. The Hall–Kier alpha value is -1.91. The van der Waals surface area contributed by atoms with Crippen LogP contribution in [0.4, 0.5) is 4.39 Å². The second-order valence-corrected chi connectivity index (χ2v) is 3.66. The molecule has 2 rings (SSSR count). The summed E-state index contributed by atoms with van der Waals surface area (Å²) in [4.78, 5) is 4.11. The summed E-state index contributed by atoms with van der Waals surface area (Å²) in [6, 6.07) is 4.58. The Balaban J connectivity index is 1.99. The molecule has 0 spiro atoms. The monoisotopic (exact) mass is 236 g/mol. The van der Waals surface area contributed by atoms with Gasteiger partial charge in [-0.3, -0.25) is 0 Å². The molecule has 0 aliphatic heterocycles. The number of rotatable bonds is 4. The van der Waals surface area contributed by atoms with E-state index in [4.69, 9.17) is 9.26 Å². The molecule has 1 aromatic carbocycles. The van der Waals surface area contributed by atoms with Crippen LogP contribution < -0.4 is 4.74 Å². The molecule has 0 atom stereocenters. The van der Waals surface area contributed by atoms with E-state index in [2.05, 4.69) is 10.1 Å². The van der Waals surface area contributed by atoms with E-state index in [-0.39, 0.29) is 12.4 Å². The van der Waals surface area contributed by atoms with E-state index >= 15 is 0 Å². The molecule has 5 heteroatoms. The molecular formula is C12H13FN2O2. The second kappa shape index (κ2) is 4.95. The lowest BCUT2D eigenvalue weighted by molar-refractivity contribution is 0.284. The van der Waals surface area contributed by atoms with Crippen molar-refractivity contribution < 1.29 is 13.7 Å². The summed E-state index contributed by atoms with van der Waals surface area (Å²) in [5.41, 5.74) is 0.546. The first-order valence-electron chi connectivity index (χ1n) is 5.39. The smallest absolute Gasteiger partial charge is 0.226 e. The first-order chi connectivity index (χ1) is 8.19. The second-order valence-electron chi connectivity index (χ2n) is 3.66. The molecule has 0 saturated carbocycles. The van der Waals surface area contributed by atoms with Crippen molar-refractivity contribution in [2.45, 2.75) is 26.9 Å². The van der Waals surface area contributed by atoms with Gasteiger partial charge >= 0.3 is 0 Å². The SMILES string of the molecule is CCc1nc(COc2ccc(F)c(C)c2)no1. The summed E-state index contributed by atoms with van der Waals surface area (Å²) in [6.07, 6.45) is 0.697. The molecular weight excluding hydrogens is 223 g/mol. The summed E-state index contributed by atoms with van der Waals surface area (Å²) in [6.45, 7) is 3.84. The Kier molecular flexibility index (Phi) is 3.37. The van der Waals surface area contributed by atoms with Gasteiger partial charge < -0.3 is 9.26 Å². The van der Waals surface area contributed by atoms with E-state index in [0.29, 0.717) is 29.4 Å². The zero-order valence-electron chi connectivity index (χ0n) is 9.74. The standard InChI is InChI=1S/C12H13FN2O2/c1-3-12-14-11(15-17-12)7-16-9-4-5-10(13)8(2)6-9/h4-6H,3,7H2,1-2H3. The van der Waals surface area contributed by atoms with Crippen molar-refractivity contribution in [1.82, 2.24) is 10.1 Å². The fraction of sp³-hybridized carbons (Fsp3) is 0.333. The number of benzene rings is 1. The minimum Gasteiger partial charge on any atom is -0.485 e. The van der Waals surface area contributed by atoms with Crippen LogP contribution in [0.2, 0.25) is 0 Å². The van der Waals surface area contributed by atoms with Gasteiger partial charge in [0.05, 0.1) is 0 Å². The average molecular weight is 236 g/mol. The van der Waals surface area contributed by atoms with Crippen LogP contribution in [-0.4, -0.2) is 10.1 Å². The molecule has 0 amide bonds. The molecule has 0 bridgehead atoms. The van der Waals surface area contributed by atoms with Crippen LogP contribution >= 0.6 is 0 Å². The van der Waals surface area contributed by atoms with Crippen LogP contribution in [0.5, 0.6) is 5.75 Å². The number of hydrogen-bond donors (Lipinski definition) is 0. The molecule has 1 heterocycles. The summed E-state index contributed by atoms with van der Waals surface area (Å²) >= 11 is 0. The maximum absolute atomic E-state index is 13.0. The Labute approximate surface area is 98.4 Å². The van der Waals surface area contributed by atoms with Crippen molar-refractivity contribution in [3.63, 3.8) is 0 Å². The first kappa shape index (κ1) is 11.6. The van der Waals surface area contributed by atoms with Crippen molar-refractivity contribution in [2.24, 2.45) is 0 Å². The number of ether oxygens (including phenoxy) is 1. The molecule has 0 aliphatic carbocycles. The Bertz CT molecular complexity index is 511. The van der Waals surface area contributed by atoms with Gasteiger partial charge in [0.2, 0.25) is 11.7 Å². The van der Waals surface area contributed by atoms with E-state index < -0.39 is 0 Å². The van der Waals surface area contributed by atoms with Crippen molar-refractivity contribution >= 4 is 0 Å². The van der Waals surface area contributed by atoms with Gasteiger partial charge in [-0.25, -0.2) is 4.39 Å². The minimum absolute atomic E-state index is 0.217. The zero-order chi connectivity index (χ0) is 12.3. The number of aryl methyl sites for hydroxylation is 2. The van der Waals surface area contributed by atoms with Crippen molar-refractivity contribution in [3.05, 3.63) is 41.3 Å². The molecule has 1 aromatic heterocycles. The quantitative estimate of drug-likeness (QED) is 0.818. The maximum Gasteiger partial charge on any atom is 0.226 e. The summed E-state index contributed by atoms with van der Waals surface area (Å²) in [5.74, 6) is 1.42. The van der Waals surface area contributed by atoms with Crippen LogP contribution in [0.1, 0.15) is 24.2 Å². The van der Waals surface area contributed by atoms with E-state index in [1.54, 1.807) is 19.1 Å². The third kappa shape index (κ3) is 2.81. The fourth-order valence-electron chi connectivity index (χ4n) is 1.35. The van der Waals surface area contributed by atoms with Crippen LogP contribution in [0.3, 0.4) is 0 Å². The molecule has 2 aromatic rings. The van der Waals surface area contributed by atoms with Crippen LogP contribution in [0, 0.1) is 12.7 Å². The minimum atomic E-state index is -0.245. The van der Waals surface area contributed by atoms with Gasteiger partial charge in [0, 0.05) is 6.42 Å². The number of nitrogens with zero attached hydrogens (tertiary/aromatic N) is 2. The molecule has 0 aliphatic rings. The first-order valence-corrected chi connectivity index (χ1v) is 5.39. The van der Waals surface area contributed by atoms with Crippen molar-refractivity contribution in [2.75, 3.05) is 0 Å². The molecule has 0 unspecified atom stereocenters. The van der Waals surface area contributed by atoms with Crippen molar-refractivity contribution in [3.8, 4) is 5.75 Å². The fourth-order valence-corrected chi connectivity index (χ4v) is 1.35. The van der Waals surface area contributed by atoms with E-state index in [1.807, 2.05) is 6.92 Å². The third-order valence-electron chi connectivity index (χ3n) is 2.31. The molecule has 0 N–H and O–H groups in total. The van der Waals surface area contributed by atoms with Gasteiger partial charge in [-0.05, 0) is 30.7 Å². The highest BCUT2D eigenvalue weighted by Gasteiger charge is 2.05. The maximum atomic E-state index is 13.0. The zero-order valence-corrected chi connectivity index (χ0v) is 9.74. The predicted octanol–water partition coefficient (Wildman–Crippen LogP) is 2.66. The number of hydrogen-bond acceptors (Lipinski definition) is 4. The van der Waals surface area contributed by atoms with Crippen LogP contribution in [0.15, 0.2) is 22.7 Å². The summed E-state index contributed by atoms with van der Waals surface area (Å²) in [5, 5.41) is 3.76. The Morgan fingerprint density at radius 3 is 2.88 bits per heavy atom. The number of aromatic nitrogens is 2. The molecule has 0 saturated heterocycles. The van der Waals surface area contributed by atoms with Gasteiger partial charge in [0.25, 0.3) is 0 Å². The van der Waals surface area contributed by atoms with Gasteiger partial charge in [-0.1, -0.05) is 12.1 Å². The van der Waals surface area contributed by atoms with Gasteiger partial charge in [-0.2, -0.15) is 4.98 Å². The summed E-state index contributed by atoms with van der Waals surface area (Å²) < 4.78 is 23.4. The summed E-state index contributed by atoms with van der Waals surface area (Å²) in [7, 11) is 0. The average Bonchev–Trinajstić information content (AvgIpc) is 2.79. The largest absolute Gasteiger partial charge is 0.485 e. The Morgan fingerprint density at radius 2 is 2.24 bits per heavy atom. The lowest BCUT2D eigenvalue weighted by Crippen LogP contribution is -1.98. The van der Waals surface area contributed by atoms with Gasteiger partial charge in [0.15, 0.2) is 6.61 Å². The molecule has 0 fully saturated rings. The third-order valence-corrected chi connectivity index (χ3v) is 2.31. The lowest BCUT2D eigenvalue weighted by Gasteiger charge is -2.04. The van der Waals surface area contributed by atoms with E-state index in [9.17, 15) is 4.39 Å². The molecule has 90 valence electrons. The van der Waals surface area contributed by atoms with Crippen molar-refractivity contribution in [1.29, 1.82) is 0 Å². The van der Waals surface area contributed by atoms with Gasteiger partial charge in [0.1, 0.15) is 11.6 Å². The van der Waals surface area contributed by atoms with Crippen LogP contribution in [-0.2, 0) is 13.0 Å². The Morgan fingerprint density at radius 1 is 1.41 bits per heavy atom. The molecule has 4 nitrogen and oxygen atoms in total. The highest BCUT2D eigenvalue weighted by Crippen LogP contribution is 2.16. The number of halogens is 1. The van der Waals surface area contributed by atoms with E-state index in [1.165, 1.54) is 6.07 Å². The predicted molar refractivity (Wildman–Crippen MR) is 59.1 cm³/mol. The lowest BCUT2D eigenvalue weighted by atomic mass is 10.2. The highest BCUT2D eigenvalue weighted by molar-refractivity contribution is 5.28. The normalized spacial score (nSPS) is 10.5. The van der Waals surface area contributed by atoms with Crippen LogP contribution in [0.25, 0.3) is 0 Å².